The second-order valence-electron chi connectivity index (χ2n) is 18.3. The van der Waals surface area contributed by atoms with E-state index in [-0.39, 0.29) is 0 Å². The molecule has 0 spiro atoms. The van der Waals surface area contributed by atoms with Gasteiger partial charge in [-0.2, -0.15) is 5.26 Å². The number of aliphatic carboxylic acids is 2. The third-order valence-corrected chi connectivity index (χ3v) is 13.3. The molecule has 3 heterocycles. The quantitative estimate of drug-likeness (QED) is 0.362. The summed E-state index contributed by atoms with van der Waals surface area (Å²) in [4.78, 5) is 35.5. The molecule has 3 fully saturated rings. The van der Waals surface area contributed by atoms with Crippen molar-refractivity contribution in [2.24, 2.45) is 28.6 Å². The monoisotopic (exact) mass is 602 g/mol. The molecule has 1 unspecified atom stereocenters. The van der Waals surface area contributed by atoms with Crippen LogP contribution in [0.1, 0.15) is 122 Å². The molecule has 0 aromatic carbocycles. The normalized spacial score (nSPS) is 29.8. The van der Waals surface area contributed by atoms with E-state index in [1.165, 1.54) is 0 Å². The van der Waals surface area contributed by atoms with Gasteiger partial charge in [0.2, 0.25) is 0 Å². The Kier molecular flexibility index (Phi) is 8.67. The number of piperidine rings is 3. The lowest BCUT2D eigenvalue weighted by Crippen LogP contribution is -2.72. The maximum atomic E-state index is 14.5. The average molecular weight is 603 g/mol. The molecule has 0 aromatic rings. The molecule has 43 heavy (non-hydrogen) atoms. The third-order valence-electron chi connectivity index (χ3n) is 13.3. The van der Waals surface area contributed by atoms with Gasteiger partial charge in [-0.1, -0.05) is 0 Å². The molecule has 0 amide bonds. The number of hydrogen-bond acceptors (Lipinski definition) is 6. The minimum atomic E-state index is -2.13. The van der Waals surface area contributed by atoms with Gasteiger partial charge in [0.25, 0.3) is 0 Å². The van der Waals surface area contributed by atoms with Crippen LogP contribution < -0.4 is 0 Å². The van der Waals surface area contributed by atoms with Gasteiger partial charge < -0.3 is 10.2 Å². The minimum absolute atomic E-state index is 0.394. The number of hydrogen-bond donors (Lipinski definition) is 2. The summed E-state index contributed by atoms with van der Waals surface area (Å²) in [5, 5.41) is 34.8. The van der Waals surface area contributed by atoms with Crippen molar-refractivity contribution in [2.75, 3.05) is 21.1 Å². The highest BCUT2D eigenvalue weighted by molar-refractivity contribution is 5.90. The van der Waals surface area contributed by atoms with Gasteiger partial charge in [0, 0.05) is 33.2 Å². The fourth-order valence-electron chi connectivity index (χ4n) is 10.5. The van der Waals surface area contributed by atoms with Gasteiger partial charge in [-0.25, -0.2) is 0 Å². The van der Waals surface area contributed by atoms with Crippen molar-refractivity contribution in [1.82, 2.24) is 14.7 Å². The number of nitrogens with zero attached hydrogens (tertiary/aromatic N) is 4. The molecule has 0 bridgehead atoms. The van der Waals surface area contributed by atoms with Crippen LogP contribution in [0.4, 0.5) is 0 Å². The van der Waals surface area contributed by atoms with E-state index in [0.29, 0.717) is 38.5 Å². The van der Waals surface area contributed by atoms with Crippen LogP contribution in [-0.2, 0) is 9.59 Å². The summed E-state index contributed by atoms with van der Waals surface area (Å²) in [5.41, 5.74) is -6.37. The van der Waals surface area contributed by atoms with E-state index in [2.05, 4.69) is 125 Å². The first-order valence-corrected chi connectivity index (χ1v) is 16.2. The average Bonchev–Trinajstić information content (AvgIpc) is 2.80. The minimum Gasteiger partial charge on any atom is -0.481 e. The Hall–Kier alpha value is -1.69. The third kappa shape index (κ3) is 5.23. The van der Waals surface area contributed by atoms with Crippen LogP contribution in [0.5, 0.6) is 0 Å². The SMILES string of the molecule is CN1C(C)(C)CC(C(C#N)(C(=O)O)C(C(=O)O)(C2CC(C)(C)N(C)C(C)(C)C2)C2CC(C)(C)N(C)C(C)(C)C2)CC1(C)C. The van der Waals surface area contributed by atoms with Crippen molar-refractivity contribution in [3.05, 3.63) is 0 Å². The van der Waals surface area contributed by atoms with E-state index in [0.717, 1.165) is 0 Å². The highest BCUT2D eigenvalue weighted by atomic mass is 16.4. The second kappa shape index (κ2) is 10.4. The predicted octanol–water partition coefficient (Wildman–Crippen LogP) is 6.35. The fraction of sp³-hybridized carbons (Fsp3) is 0.914. The Morgan fingerprint density at radius 3 is 0.977 bits per heavy atom. The smallest absolute Gasteiger partial charge is 0.325 e. The van der Waals surface area contributed by atoms with E-state index >= 15 is 0 Å². The van der Waals surface area contributed by atoms with Crippen molar-refractivity contribution < 1.29 is 19.8 Å². The van der Waals surface area contributed by atoms with Gasteiger partial charge >= 0.3 is 11.9 Å². The van der Waals surface area contributed by atoms with Crippen molar-refractivity contribution in [3.63, 3.8) is 0 Å². The van der Waals surface area contributed by atoms with Crippen LogP contribution in [0.3, 0.4) is 0 Å². The molecule has 0 radical (unpaired) electrons. The molecule has 3 aliphatic heterocycles. The van der Waals surface area contributed by atoms with Gasteiger partial charge in [-0.15, -0.1) is 0 Å². The summed E-state index contributed by atoms with van der Waals surface area (Å²) in [6.45, 7) is 25.4. The molecule has 8 nitrogen and oxygen atoms in total. The van der Waals surface area contributed by atoms with E-state index in [4.69, 9.17) is 0 Å². The lowest BCUT2D eigenvalue weighted by atomic mass is 9.41. The Morgan fingerprint density at radius 2 is 0.791 bits per heavy atom. The first-order chi connectivity index (χ1) is 19.1. The zero-order valence-electron chi connectivity index (χ0n) is 30.0. The van der Waals surface area contributed by atoms with Crippen molar-refractivity contribution >= 4 is 11.9 Å². The molecule has 1 atom stereocenters. The molecule has 3 saturated heterocycles. The highest BCUT2D eigenvalue weighted by Crippen LogP contribution is 2.67. The number of rotatable bonds is 6. The summed E-state index contributed by atoms with van der Waals surface area (Å²) < 4.78 is 0. The highest BCUT2D eigenvalue weighted by Gasteiger charge is 2.75. The van der Waals surface area contributed by atoms with Gasteiger partial charge in [-0.3, -0.25) is 24.3 Å². The van der Waals surface area contributed by atoms with Crippen molar-refractivity contribution in [1.29, 1.82) is 5.26 Å². The molecule has 3 aliphatic rings. The molecule has 2 N–H and O–H groups in total. The zero-order chi connectivity index (χ0) is 33.6. The van der Waals surface area contributed by atoms with Gasteiger partial charge in [0.1, 0.15) is 5.41 Å². The van der Waals surface area contributed by atoms with E-state index < -0.39 is 73.8 Å². The summed E-state index contributed by atoms with van der Waals surface area (Å²) >= 11 is 0. The summed E-state index contributed by atoms with van der Waals surface area (Å²) in [7, 11) is 6.22. The summed E-state index contributed by atoms with van der Waals surface area (Å²) in [6, 6.07) is 2.40. The van der Waals surface area contributed by atoms with Crippen LogP contribution in [0.25, 0.3) is 0 Å². The molecule has 0 aliphatic carbocycles. The van der Waals surface area contributed by atoms with Crippen molar-refractivity contribution in [3.8, 4) is 6.07 Å². The molecule has 0 saturated carbocycles. The summed E-state index contributed by atoms with van der Waals surface area (Å²) in [5.74, 6) is -4.08. The maximum absolute atomic E-state index is 14.5. The Balaban J connectivity index is 2.51. The lowest BCUT2D eigenvalue weighted by Gasteiger charge is -2.65. The van der Waals surface area contributed by atoms with Crippen LogP contribution in [0.15, 0.2) is 0 Å². The van der Waals surface area contributed by atoms with Crippen molar-refractivity contribution in [2.45, 2.75) is 155 Å². The van der Waals surface area contributed by atoms with Crippen LogP contribution >= 0.6 is 0 Å². The molecule has 3 rings (SSSR count). The Morgan fingerprint density at radius 1 is 0.558 bits per heavy atom. The van der Waals surface area contributed by atoms with Crippen LogP contribution in [-0.4, -0.2) is 91.2 Å². The fourth-order valence-corrected chi connectivity index (χ4v) is 10.5. The lowest BCUT2D eigenvalue weighted by molar-refractivity contribution is -0.216. The number of carbonyl (C=O) groups is 2. The number of nitriles is 1. The molecule has 246 valence electrons. The maximum Gasteiger partial charge on any atom is 0.325 e. The number of carboxylic acid groups (broad SMARTS) is 2. The molecular weight excluding hydrogens is 540 g/mol. The van der Waals surface area contributed by atoms with E-state index in [9.17, 15) is 25.1 Å². The number of carboxylic acids is 2. The van der Waals surface area contributed by atoms with Gasteiger partial charge in [0.05, 0.1) is 6.07 Å². The topological polar surface area (TPSA) is 108 Å². The largest absolute Gasteiger partial charge is 0.481 e. The molecule has 8 heteroatoms. The molecule has 0 aromatic heterocycles. The standard InChI is InChI=1S/C35H62N4O4/c1-28(2)16-23(17-29(3,4)37(28)13)34(22-36,26(40)41)35(27(42)43,24-18-30(5,6)38(14)31(7,8)19-24)25-20-32(9,10)39(15)33(11,12)21-25/h23-25H,16-21H2,1-15H3,(H,40,41)(H,42,43). The Labute approximate surface area is 262 Å². The van der Waals surface area contributed by atoms with Crippen LogP contribution in [0.2, 0.25) is 0 Å². The first-order valence-electron chi connectivity index (χ1n) is 16.2. The Bertz CT molecular complexity index is 1070. The second-order valence-corrected chi connectivity index (χ2v) is 18.3. The van der Waals surface area contributed by atoms with Crippen LogP contribution in [0, 0.1) is 39.9 Å². The molecular formula is C35H62N4O4. The number of likely N-dealkylation sites (tertiary alicyclic amines) is 3. The van der Waals surface area contributed by atoms with Gasteiger partial charge in [-0.05, 0) is 161 Å². The van der Waals surface area contributed by atoms with Gasteiger partial charge in [0.15, 0.2) is 5.41 Å². The predicted molar refractivity (Wildman–Crippen MR) is 172 cm³/mol. The zero-order valence-corrected chi connectivity index (χ0v) is 30.0. The first kappa shape index (κ1) is 35.8. The van der Waals surface area contributed by atoms with E-state index in [1.54, 1.807) is 0 Å². The van der Waals surface area contributed by atoms with E-state index in [1.807, 2.05) is 0 Å². The summed E-state index contributed by atoms with van der Waals surface area (Å²) in [6.07, 6.45) is 2.87.